The van der Waals surface area contributed by atoms with E-state index in [0.717, 1.165) is 18.5 Å². The molecule has 0 heterocycles. The number of amides is 1. The summed E-state index contributed by atoms with van der Waals surface area (Å²) in [6, 6.07) is 16.3. The number of hydrogen-bond acceptors (Lipinski definition) is 3. The van der Waals surface area contributed by atoms with Crippen LogP contribution in [0.1, 0.15) is 23.6 Å². The van der Waals surface area contributed by atoms with Gasteiger partial charge < -0.3 is 15.7 Å². The van der Waals surface area contributed by atoms with E-state index in [4.69, 9.17) is 5.11 Å². The second-order valence-corrected chi connectivity index (χ2v) is 5.22. The lowest BCUT2D eigenvalue weighted by Crippen LogP contribution is -2.15. The Hall–Kier alpha value is -2.33. The van der Waals surface area contributed by atoms with E-state index in [1.807, 2.05) is 18.2 Å². The molecule has 21 heavy (non-hydrogen) atoms. The van der Waals surface area contributed by atoms with Gasteiger partial charge in [-0.25, -0.2) is 0 Å². The molecule has 3 N–H and O–H groups in total. The first-order chi connectivity index (χ1) is 10.3. The van der Waals surface area contributed by atoms with Gasteiger partial charge in [-0.05, 0) is 42.2 Å². The topological polar surface area (TPSA) is 61.4 Å². The zero-order valence-electron chi connectivity index (χ0n) is 11.7. The van der Waals surface area contributed by atoms with Crippen molar-refractivity contribution in [3.05, 3.63) is 59.7 Å². The summed E-state index contributed by atoms with van der Waals surface area (Å²) >= 11 is 0. The summed E-state index contributed by atoms with van der Waals surface area (Å²) in [6.45, 7) is -0.506. The molecule has 0 spiro atoms. The van der Waals surface area contributed by atoms with Crippen molar-refractivity contribution in [2.75, 3.05) is 17.2 Å². The van der Waals surface area contributed by atoms with Gasteiger partial charge in [-0.15, -0.1) is 0 Å². The minimum atomic E-state index is -0.506. The summed E-state index contributed by atoms with van der Waals surface area (Å²) in [5.41, 5.74) is 4.40. The number of carbonyl (C=O) groups excluding carboxylic acids is 1. The number of hydrogen-bond donors (Lipinski definition) is 3. The van der Waals surface area contributed by atoms with Crippen LogP contribution in [0.2, 0.25) is 0 Å². The van der Waals surface area contributed by atoms with Gasteiger partial charge in [0.2, 0.25) is 5.91 Å². The van der Waals surface area contributed by atoms with Crippen molar-refractivity contribution in [1.82, 2.24) is 0 Å². The van der Waals surface area contributed by atoms with Crippen LogP contribution in [0.15, 0.2) is 48.5 Å². The molecule has 3 rings (SSSR count). The largest absolute Gasteiger partial charge is 0.387 e. The molecular weight excluding hydrogens is 264 g/mol. The van der Waals surface area contributed by atoms with Crippen LogP contribution in [-0.4, -0.2) is 17.6 Å². The monoisotopic (exact) mass is 282 g/mol. The van der Waals surface area contributed by atoms with Crippen LogP contribution in [0.3, 0.4) is 0 Å². The van der Waals surface area contributed by atoms with E-state index in [1.165, 1.54) is 11.1 Å². The Labute approximate surface area is 123 Å². The number of aliphatic hydroxyl groups excluding tert-OH is 1. The Kier molecular flexibility index (Phi) is 3.88. The molecule has 0 saturated heterocycles. The first-order valence-corrected chi connectivity index (χ1v) is 7.11. The molecule has 2 aromatic rings. The van der Waals surface area contributed by atoms with E-state index in [9.17, 15) is 4.79 Å². The third-order valence-corrected chi connectivity index (χ3v) is 3.76. The van der Waals surface area contributed by atoms with Crippen molar-refractivity contribution in [3.63, 3.8) is 0 Å². The number of nitrogens with one attached hydrogen (secondary N) is 2. The zero-order valence-corrected chi connectivity index (χ0v) is 11.7. The highest BCUT2D eigenvalue weighted by molar-refractivity contribution is 5.91. The fraction of sp³-hybridized carbons (Fsp3) is 0.235. The first-order valence-electron chi connectivity index (χ1n) is 7.11. The minimum Gasteiger partial charge on any atom is -0.387 e. The molecule has 1 atom stereocenters. The van der Waals surface area contributed by atoms with Crippen molar-refractivity contribution in [2.45, 2.75) is 18.9 Å². The molecule has 0 aromatic heterocycles. The van der Waals surface area contributed by atoms with Crippen molar-refractivity contribution in [3.8, 4) is 0 Å². The van der Waals surface area contributed by atoms with Gasteiger partial charge in [-0.3, -0.25) is 4.79 Å². The van der Waals surface area contributed by atoms with Crippen molar-refractivity contribution in [1.29, 1.82) is 0 Å². The van der Waals surface area contributed by atoms with E-state index in [0.29, 0.717) is 11.7 Å². The second kappa shape index (κ2) is 5.97. The number of fused-ring (bicyclic) bond motifs is 1. The van der Waals surface area contributed by atoms with Gasteiger partial charge in [0.05, 0.1) is 6.04 Å². The maximum absolute atomic E-state index is 11.2. The second-order valence-electron chi connectivity index (χ2n) is 5.22. The smallest absolute Gasteiger partial charge is 0.250 e. The van der Waals surface area contributed by atoms with E-state index in [2.05, 4.69) is 34.9 Å². The lowest BCUT2D eigenvalue weighted by atomic mass is 10.1. The molecular formula is C17H18N2O2. The van der Waals surface area contributed by atoms with E-state index in [-0.39, 0.29) is 0 Å². The van der Waals surface area contributed by atoms with Crippen LogP contribution in [-0.2, 0) is 11.2 Å². The Morgan fingerprint density at radius 2 is 1.95 bits per heavy atom. The highest BCUT2D eigenvalue weighted by Crippen LogP contribution is 2.33. The summed E-state index contributed by atoms with van der Waals surface area (Å²) in [7, 11) is 0. The number of aliphatic hydroxyl groups is 1. The summed E-state index contributed by atoms with van der Waals surface area (Å²) in [5, 5.41) is 14.9. The maximum Gasteiger partial charge on any atom is 0.250 e. The highest BCUT2D eigenvalue weighted by Gasteiger charge is 2.21. The quantitative estimate of drug-likeness (QED) is 0.808. The lowest BCUT2D eigenvalue weighted by Gasteiger charge is -2.16. The Morgan fingerprint density at radius 3 is 2.81 bits per heavy atom. The molecule has 1 unspecified atom stereocenters. The van der Waals surface area contributed by atoms with Crippen molar-refractivity contribution >= 4 is 17.3 Å². The maximum atomic E-state index is 11.2. The van der Waals surface area contributed by atoms with Crippen molar-refractivity contribution < 1.29 is 9.90 Å². The number of anilines is 2. The molecule has 1 amide bonds. The van der Waals surface area contributed by atoms with Crippen LogP contribution in [0.5, 0.6) is 0 Å². The summed E-state index contributed by atoms with van der Waals surface area (Å²) < 4.78 is 0. The molecule has 0 bridgehead atoms. The van der Waals surface area contributed by atoms with Gasteiger partial charge in [0.15, 0.2) is 0 Å². The predicted molar refractivity (Wildman–Crippen MR) is 83.3 cm³/mol. The van der Waals surface area contributed by atoms with Crippen LogP contribution in [0.25, 0.3) is 0 Å². The van der Waals surface area contributed by atoms with Crippen LogP contribution in [0, 0.1) is 0 Å². The van der Waals surface area contributed by atoms with Crippen LogP contribution in [0.4, 0.5) is 11.4 Å². The van der Waals surface area contributed by atoms with Gasteiger partial charge in [0.25, 0.3) is 0 Å². The summed E-state index contributed by atoms with van der Waals surface area (Å²) in [4.78, 5) is 11.2. The fourth-order valence-corrected chi connectivity index (χ4v) is 2.80. The molecule has 0 fully saturated rings. The number of carbonyl (C=O) groups is 1. The SMILES string of the molecule is O=C(CO)Nc1cccc(NC2CCc3ccccc32)c1. The third kappa shape index (κ3) is 3.06. The summed E-state index contributed by atoms with van der Waals surface area (Å²) in [5.74, 6) is -0.404. The Balaban J connectivity index is 1.74. The average molecular weight is 282 g/mol. The van der Waals surface area contributed by atoms with E-state index >= 15 is 0 Å². The summed E-state index contributed by atoms with van der Waals surface area (Å²) in [6.07, 6.45) is 2.17. The molecule has 1 aliphatic carbocycles. The van der Waals surface area contributed by atoms with E-state index < -0.39 is 12.5 Å². The molecule has 0 radical (unpaired) electrons. The average Bonchev–Trinajstić information content (AvgIpc) is 2.91. The van der Waals surface area contributed by atoms with Gasteiger partial charge >= 0.3 is 0 Å². The predicted octanol–water partition coefficient (Wildman–Crippen LogP) is 2.72. The van der Waals surface area contributed by atoms with Crippen molar-refractivity contribution in [2.24, 2.45) is 0 Å². The minimum absolute atomic E-state index is 0.310. The highest BCUT2D eigenvalue weighted by atomic mass is 16.3. The molecule has 1 aliphatic rings. The van der Waals surface area contributed by atoms with Gasteiger partial charge in [0, 0.05) is 11.4 Å². The molecule has 4 nitrogen and oxygen atoms in total. The Morgan fingerprint density at radius 1 is 1.14 bits per heavy atom. The van der Waals surface area contributed by atoms with Gasteiger partial charge in [-0.2, -0.15) is 0 Å². The number of aryl methyl sites for hydroxylation is 1. The zero-order chi connectivity index (χ0) is 14.7. The molecule has 0 saturated carbocycles. The van der Waals surface area contributed by atoms with Crippen LogP contribution >= 0.6 is 0 Å². The number of rotatable bonds is 4. The van der Waals surface area contributed by atoms with E-state index in [1.54, 1.807) is 6.07 Å². The van der Waals surface area contributed by atoms with Crippen LogP contribution < -0.4 is 10.6 Å². The molecule has 2 aromatic carbocycles. The van der Waals surface area contributed by atoms with Gasteiger partial charge in [0.1, 0.15) is 6.61 Å². The lowest BCUT2D eigenvalue weighted by molar-refractivity contribution is -0.118. The first kappa shape index (κ1) is 13.6. The fourth-order valence-electron chi connectivity index (χ4n) is 2.80. The third-order valence-electron chi connectivity index (χ3n) is 3.76. The normalized spacial score (nSPS) is 16.3. The molecule has 108 valence electrons. The standard InChI is InChI=1S/C17H18N2O2/c20-11-17(21)19-14-6-3-5-13(10-14)18-16-9-8-12-4-1-2-7-15(12)16/h1-7,10,16,18,20H,8-9,11H2,(H,19,21). The Bertz CT molecular complexity index is 655. The molecule has 0 aliphatic heterocycles. The number of benzene rings is 2. The molecule has 4 heteroatoms. The van der Waals surface area contributed by atoms with Gasteiger partial charge in [-0.1, -0.05) is 30.3 Å².